The number of hydrogen-bond acceptors (Lipinski definition) is 5. The predicted molar refractivity (Wildman–Crippen MR) is 115 cm³/mol. The number of benzene rings is 2. The number of aromatic nitrogens is 2. The van der Waals surface area contributed by atoms with E-state index in [9.17, 15) is 9.59 Å². The second kappa shape index (κ2) is 8.18. The van der Waals surface area contributed by atoms with Crippen LogP contribution in [-0.4, -0.2) is 47.4 Å². The minimum absolute atomic E-state index is 0.143. The number of likely N-dealkylation sites (tertiary alicyclic amines) is 1. The summed E-state index contributed by atoms with van der Waals surface area (Å²) in [6.07, 6.45) is 3.05. The van der Waals surface area contributed by atoms with Crippen molar-refractivity contribution in [2.75, 3.05) is 20.8 Å². The number of ether oxygens (including phenoxy) is 2. The molecule has 0 aliphatic carbocycles. The Morgan fingerprint density at radius 2 is 1.70 bits per heavy atom. The second-order valence-electron chi connectivity index (χ2n) is 7.53. The van der Waals surface area contributed by atoms with E-state index < -0.39 is 0 Å². The molecule has 1 fully saturated rings. The zero-order valence-corrected chi connectivity index (χ0v) is 17.4. The number of piperidine rings is 1. The van der Waals surface area contributed by atoms with Crippen LogP contribution in [0.1, 0.15) is 36.7 Å². The zero-order valence-electron chi connectivity index (χ0n) is 17.4. The zero-order chi connectivity index (χ0) is 21.3. The average Bonchev–Trinajstić information content (AvgIpc) is 2.79. The summed E-state index contributed by atoms with van der Waals surface area (Å²) in [6.45, 7) is 2.75. The first-order valence-corrected chi connectivity index (χ1v) is 10.1. The van der Waals surface area contributed by atoms with Gasteiger partial charge in [-0.1, -0.05) is 18.2 Å². The summed E-state index contributed by atoms with van der Waals surface area (Å²) in [7, 11) is 3.09. The minimum atomic E-state index is -0.302. The molecular weight excluding hydrogens is 382 g/mol. The molecular formula is C23H25N3O4. The molecule has 1 atom stereocenters. The van der Waals surface area contributed by atoms with E-state index in [4.69, 9.17) is 9.47 Å². The van der Waals surface area contributed by atoms with Crippen LogP contribution >= 0.6 is 0 Å². The molecule has 0 saturated carbocycles. The van der Waals surface area contributed by atoms with E-state index >= 15 is 0 Å². The normalized spacial score (nSPS) is 16.5. The van der Waals surface area contributed by atoms with Crippen molar-refractivity contribution in [3.8, 4) is 17.2 Å². The van der Waals surface area contributed by atoms with E-state index in [0.29, 0.717) is 34.5 Å². The van der Waals surface area contributed by atoms with E-state index in [1.165, 1.54) is 4.68 Å². The Balaban J connectivity index is 1.93. The molecule has 0 radical (unpaired) electrons. The Labute approximate surface area is 174 Å². The largest absolute Gasteiger partial charge is 0.497 e. The maximum absolute atomic E-state index is 13.5. The molecule has 1 aromatic heterocycles. The molecule has 1 unspecified atom stereocenters. The van der Waals surface area contributed by atoms with Crippen molar-refractivity contribution in [1.82, 2.24) is 14.7 Å². The first kappa shape index (κ1) is 19.9. The lowest BCUT2D eigenvalue weighted by Crippen LogP contribution is -2.43. The molecule has 7 nitrogen and oxygen atoms in total. The molecule has 3 aromatic rings. The van der Waals surface area contributed by atoms with Crippen LogP contribution in [0.5, 0.6) is 11.5 Å². The van der Waals surface area contributed by atoms with Crippen molar-refractivity contribution in [2.24, 2.45) is 0 Å². The van der Waals surface area contributed by atoms with Gasteiger partial charge in [-0.3, -0.25) is 9.59 Å². The fraction of sp³-hybridized carbons (Fsp3) is 0.348. The minimum Gasteiger partial charge on any atom is -0.497 e. The van der Waals surface area contributed by atoms with Gasteiger partial charge in [-0.25, -0.2) is 0 Å². The van der Waals surface area contributed by atoms with Crippen molar-refractivity contribution in [3.63, 3.8) is 0 Å². The summed E-state index contributed by atoms with van der Waals surface area (Å²) in [4.78, 5) is 28.6. The van der Waals surface area contributed by atoms with E-state index in [1.54, 1.807) is 50.6 Å². The summed E-state index contributed by atoms with van der Waals surface area (Å²) in [6, 6.07) is 12.4. The molecule has 0 N–H and O–H groups in total. The number of fused-ring (bicyclic) bond motifs is 1. The Morgan fingerprint density at radius 3 is 2.33 bits per heavy atom. The molecule has 1 amide bonds. The van der Waals surface area contributed by atoms with Gasteiger partial charge in [-0.15, -0.1) is 0 Å². The van der Waals surface area contributed by atoms with Gasteiger partial charge in [-0.2, -0.15) is 9.78 Å². The number of hydrogen-bond donors (Lipinski definition) is 0. The molecule has 0 spiro atoms. The summed E-state index contributed by atoms with van der Waals surface area (Å²) in [5.74, 6) is 0.912. The highest BCUT2D eigenvalue weighted by atomic mass is 16.5. The van der Waals surface area contributed by atoms with Crippen LogP contribution in [0.25, 0.3) is 16.5 Å². The number of nitrogens with zero attached hydrogens (tertiary/aromatic N) is 3. The summed E-state index contributed by atoms with van der Waals surface area (Å²) < 4.78 is 11.9. The van der Waals surface area contributed by atoms with Gasteiger partial charge in [0, 0.05) is 36.2 Å². The molecule has 7 heteroatoms. The highest BCUT2D eigenvalue weighted by molar-refractivity contribution is 6.05. The number of methoxy groups -OCH3 is 2. The maximum Gasteiger partial charge on any atom is 0.279 e. The van der Waals surface area contributed by atoms with Gasteiger partial charge in [0.05, 0.1) is 25.3 Å². The van der Waals surface area contributed by atoms with E-state index in [0.717, 1.165) is 19.3 Å². The second-order valence-corrected chi connectivity index (χ2v) is 7.53. The molecule has 0 bridgehead atoms. The molecule has 1 aliphatic heterocycles. The topological polar surface area (TPSA) is 73.7 Å². The van der Waals surface area contributed by atoms with Crippen LogP contribution in [-0.2, 0) is 0 Å². The number of carbonyl (C=O) groups excluding carboxylic acids is 1. The lowest BCUT2D eigenvalue weighted by atomic mass is 10.0. The van der Waals surface area contributed by atoms with Crippen LogP contribution in [0.4, 0.5) is 0 Å². The molecule has 1 aliphatic rings. The Morgan fingerprint density at radius 1 is 1.03 bits per heavy atom. The number of carbonyl (C=O) groups is 1. The van der Waals surface area contributed by atoms with Crippen molar-refractivity contribution >= 4 is 16.7 Å². The Hall–Kier alpha value is -3.35. The van der Waals surface area contributed by atoms with Crippen molar-refractivity contribution in [1.29, 1.82) is 0 Å². The average molecular weight is 407 g/mol. The van der Waals surface area contributed by atoms with Gasteiger partial charge in [0.15, 0.2) is 5.69 Å². The fourth-order valence-electron chi connectivity index (χ4n) is 3.97. The third-order valence-electron chi connectivity index (χ3n) is 5.65. The molecule has 1 saturated heterocycles. The van der Waals surface area contributed by atoms with Crippen molar-refractivity contribution in [2.45, 2.75) is 32.2 Å². The van der Waals surface area contributed by atoms with Crippen LogP contribution < -0.4 is 15.0 Å². The first-order valence-electron chi connectivity index (χ1n) is 10.1. The van der Waals surface area contributed by atoms with Gasteiger partial charge in [-0.05, 0) is 32.3 Å². The molecule has 2 aromatic carbocycles. The molecule has 156 valence electrons. The molecule has 4 rings (SSSR count). The maximum atomic E-state index is 13.5. The highest BCUT2D eigenvalue weighted by Crippen LogP contribution is 2.26. The third kappa shape index (κ3) is 3.51. The van der Waals surface area contributed by atoms with Crippen LogP contribution in [0.2, 0.25) is 0 Å². The van der Waals surface area contributed by atoms with Gasteiger partial charge in [0.25, 0.3) is 11.5 Å². The van der Waals surface area contributed by atoms with Crippen LogP contribution in [0.15, 0.2) is 47.3 Å². The number of amides is 1. The fourth-order valence-corrected chi connectivity index (χ4v) is 3.97. The lowest BCUT2D eigenvalue weighted by Gasteiger charge is -2.33. The van der Waals surface area contributed by atoms with Crippen LogP contribution in [0, 0.1) is 0 Å². The van der Waals surface area contributed by atoms with E-state index in [-0.39, 0.29) is 23.2 Å². The predicted octanol–water partition coefficient (Wildman–Crippen LogP) is 3.42. The summed E-state index contributed by atoms with van der Waals surface area (Å²) in [5.41, 5.74) is 0.451. The van der Waals surface area contributed by atoms with E-state index in [2.05, 4.69) is 12.0 Å². The van der Waals surface area contributed by atoms with Crippen molar-refractivity contribution < 1.29 is 14.3 Å². The quantitative estimate of drug-likeness (QED) is 0.663. The number of rotatable bonds is 4. The monoisotopic (exact) mass is 407 g/mol. The SMILES string of the molecule is COc1cc(OC)cc(-n2nc(C(=O)N3CCCCC3C)c3ccccc3c2=O)c1. The smallest absolute Gasteiger partial charge is 0.279 e. The van der Waals surface area contributed by atoms with E-state index in [1.807, 2.05) is 11.0 Å². The van der Waals surface area contributed by atoms with Gasteiger partial charge >= 0.3 is 0 Å². The summed E-state index contributed by atoms with van der Waals surface area (Å²) >= 11 is 0. The molecule has 30 heavy (non-hydrogen) atoms. The van der Waals surface area contributed by atoms with Crippen molar-refractivity contribution in [3.05, 3.63) is 58.5 Å². The van der Waals surface area contributed by atoms with Gasteiger partial charge < -0.3 is 14.4 Å². The molecule has 2 heterocycles. The van der Waals surface area contributed by atoms with Crippen LogP contribution in [0.3, 0.4) is 0 Å². The Bertz CT molecular complexity index is 1130. The summed E-state index contributed by atoms with van der Waals surface area (Å²) in [5, 5.41) is 5.55. The standard InChI is InChI=1S/C23H25N3O4/c1-15-8-6-7-11-25(15)23(28)21-19-9-4-5-10-20(19)22(27)26(24-21)16-12-17(29-2)14-18(13-16)30-3/h4-5,9-10,12-15H,6-8,11H2,1-3H3. The lowest BCUT2D eigenvalue weighted by molar-refractivity contribution is 0.0630. The highest BCUT2D eigenvalue weighted by Gasteiger charge is 2.28. The Kier molecular flexibility index (Phi) is 5.44. The van der Waals surface area contributed by atoms with Gasteiger partial charge in [0.2, 0.25) is 0 Å². The van der Waals surface area contributed by atoms with Gasteiger partial charge in [0.1, 0.15) is 11.5 Å². The third-order valence-corrected chi connectivity index (χ3v) is 5.65. The first-order chi connectivity index (χ1) is 14.5.